The summed E-state index contributed by atoms with van der Waals surface area (Å²) in [7, 11) is 0. The summed E-state index contributed by atoms with van der Waals surface area (Å²) < 4.78 is 8.96. The number of amides is 1. The zero-order chi connectivity index (χ0) is 20.9. The number of carbonyl (C=O) groups is 1. The third kappa shape index (κ3) is 4.10. The second kappa shape index (κ2) is 9.15. The highest BCUT2D eigenvalue weighted by molar-refractivity contribution is 5.79. The molecule has 0 saturated heterocycles. The van der Waals surface area contributed by atoms with Crippen molar-refractivity contribution in [2.75, 3.05) is 6.61 Å². The molecule has 0 bridgehead atoms. The van der Waals surface area contributed by atoms with Gasteiger partial charge in [-0.3, -0.25) is 13.9 Å². The summed E-state index contributed by atoms with van der Waals surface area (Å²) in [6.07, 6.45) is 7.12. The number of hydrogen-bond donors (Lipinski definition) is 1. The molecule has 1 aliphatic rings. The quantitative estimate of drug-likeness (QED) is 0.650. The van der Waals surface area contributed by atoms with Gasteiger partial charge in [0.05, 0.1) is 12.1 Å². The number of para-hydroxylation sites is 1. The van der Waals surface area contributed by atoms with Crippen molar-refractivity contribution in [2.45, 2.75) is 58.2 Å². The molecule has 4 rings (SSSR count). The fourth-order valence-corrected chi connectivity index (χ4v) is 4.27. The van der Waals surface area contributed by atoms with Crippen LogP contribution >= 0.6 is 0 Å². The van der Waals surface area contributed by atoms with E-state index in [4.69, 9.17) is 4.74 Å². The molecule has 2 aromatic heterocycles. The number of benzene rings is 1. The maximum atomic E-state index is 13.2. The number of aromatic nitrogens is 3. The van der Waals surface area contributed by atoms with Crippen LogP contribution in [0.1, 0.15) is 50.6 Å². The molecule has 7 nitrogen and oxygen atoms in total. The van der Waals surface area contributed by atoms with Crippen molar-refractivity contribution in [3.63, 3.8) is 0 Å². The van der Waals surface area contributed by atoms with Gasteiger partial charge in [-0.25, -0.2) is 9.78 Å². The summed E-state index contributed by atoms with van der Waals surface area (Å²) in [5, 5.41) is 2.92. The number of rotatable bonds is 7. The Labute approximate surface area is 175 Å². The number of hydrogen-bond acceptors (Lipinski definition) is 4. The predicted molar refractivity (Wildman–Crippen MR) is 116 cm³/mol. The van der Waals surface area contributed by atoms with Gasteiger partial charge in [0.25, 0.3) is 0 Å². The van der Waals surface area contributed by atoms with E-state index in [1.54, 1.807) is 21.4 Å². The zero-order valence-corrected chi connectivity index (χ0v) is 17.3. The van der Waals surface area contributed by atoms with E-state index in [2.05, 4.69) is 10.3 Å². The normalized spacial score (nSPS) is 14.7. The van der Waals surface area contributed by atoms with Crippen molar-refractivity contribution >= 4 is 17.1 Å². The van der Waals surface area contributed by atoms with Crippen molar-refractivity contribution < 1.29 is 9.53 Å². The maximum absolute atomic E-state index is 13.2. The topological polar surface area (TPSA) is 78.1 Å². The molecule has 2 heterocycles. The predicted octanol–water partition coefficient (Wildman–Crippen LogP) is 3.42. The Hall–Kier alpha value is -3.09. The average molecular weight is 409 g/mol. The minimum atomic E-state index is -0.213. The Morgan fingerprint density at radius 3 is 2.77 bits per heavy atom. The van der Waals surface area contributed by atoms with Crippen LogP contribution in [-0.2, 0) is 17.9 Å². The molecule has 1 N–H and O–H groups in total. The SMILES string of the molecule is CCOc1ccccc1CNC(=O)Cn1c(=O)n(C2CCCCC2)c2ncccc21. The van der Waals surface area contributed by atoms with Crippen LogP contribution in [0.15, 0.2) is 47.4 Å². The number of nitrogens with one attached hydrogen (secondary N) is 1. The lowest BCUT2D eigenvalue weighted by Gasteiger charge is -2.22. The fourth-order valence-electron chi connectivity index (χ4n) is 4.27. The minimum Gasteiger partial charge on any atom is -0.494 e. The first kappa shape index (κ1) is 20.2. The number of ether oxygens (including phenoxy) is 1. The first-order valence-electron chi connectivity index (χ1n) is 10.7. The largest absolute Gasteiger partial charge is 0.494 e. The molecule has 0 atom stereocenters. The molecule has 1 aromatic carbocycles. The molecule has 1 aliphatic carbocycles. The van der Waals surface area contributed by atoms with Gasteiger partial charge in [-0.1, -0.05) is 37.5 Å². The summed E-state index contributed by atoms with van der Waals surface area (Å²) in [6, 6.07) is 11.5. The van der Waals surface area contributed by atoms with Gasteiger partial charge < -0.3 is 10.1 Å². The summed E-state index contributed by atoms with van der Waals surface area (Å²) in [5.74, 6) is 0.547. The van der Waals surface area contributed by atoms with E-state index in [0.29, 0.717) is 24.3 Å². The third-order valence-electron chi connectivity index (χ3n) is 5.71. The van der Waals surface area contributed by atoms with Crippen LogP contribution in [0.4, 0.5) is 0 Å². The molecule has 0 radical (unpaired) electrons. The van der Waals surface area contributed by atoms with Gasteiger partial charge in [-0.05, 0) is 38.0 Å². The van der Waals surface area contributed by atoms with Crippen molar-refractivity contribution in [1.29, 1.82) is 0 Å². The van der Waals surface area contributed by atoms with Crippen molar-refractivity contribution in [2.24, 2.45) is 0 Å². The number of imidazole rings is 1. The van der Waals surface area contributed by atoms with Gasteiger partial charge in [0.15, 0.2) is 5.65 Å². The molecule has 1 amide bonds. The zero-order valence-electron chi connectivity index (χ0n) is 17.3. The van der Waals surface area contributed by atoms with Crippen molar-refractivity contribution in [1.82, 2.24) is 19.4 Å². The third-order valence-corrected chi connectivity index (χ3v) is 5.71. The van der Waals surface area contributed by atoms with Gasteiger partial charge in [0.1, 0.15) is 12.3 Å². The second-order valence-corrected chi connectivity index (χ2v) is 7.69. The number of pyridine rings is 1. The molecule has 0 spiro atoms. The van der Waals surface area contributed by atoms with Crippen LogP contribution in [0.25, 0.3) is 11.2 Å². The van der Waals surface area contributed by atoms with Crippen LogP contribution in [-0.4, -0.2) is 26.6 Å². The summed E-state index contributed by atoms with van der Waals surface area (Å²) >= 11 is 0. The van der Waals surface area contributed by atoms with Gasteiger partial charge in [0, 0.05) is 24.3 Å². The van der Waals surface area contributed by atoms with Crippen LogP contribution in [0, 0.1) is 0 Å². The van der Waals surface area contributed by atoms with Crippen LogP contribution < -0.4 is 15.7 Å². The van der Waals surface area contributed by atoms with Crippen LogP contribution in [0.5, 0.6) is 5.75 Å². The molecule has 0 aliphatic heterocycles. The van der Waals surface area contributed by atoms with Crippen molar-refractivity contribution in [3.8, 4) is 5.75 Å². The Bertz CT molecular complexity index is 1080. The Morgan fingerprint density at radius 1 is 1.17 bits per heavy atom. The highest BCUT2D eigenvalue weighted by atomic mass is 16.5. The van der Waals surface area contributed by atoms with Gasteiger partial charge in [0.2, 0.25) is 5.91 Å². The minimum absolute atomic E-state index is 0.0302. The molecule has 158 valence electrons. The molecule has 1 fully saturated rings. The Morgan fingerprint density at radius 2 is 1.97 bits per heavy atom. The highest BCUT2D eigenvalue weighted by Gasteiger charge is 2.23. The number of nitrogens with zero attached hydrogens (tertiary/aromatic N) is 3. The summed E-state index contributed by atoms with van der Waals surface area (Å²) in [6.45, 7) is 2.81. The monoisotopic (exact) mass is 408 g/mol. The number of fused-ring (bicyclic) bond motifs is 1. The van der Waals surface area contributed by atoms with Gasteiger partial charge >= 0.3 is 5.69 Å². The molecular weight excluding hydrogens is 380 g/mol. The highest BCUT2D eigenvalue weighted by Crippen LogP contribution is 2.29. The Balaban J connectivity index is 1.55. The van der Waals surface area contributed by atoms with Gasteiger partial charge in [-0.2, -0.15) is 0 Å². The molecular formula is C23H28N4O3. The first-order chi connectivity index (χ1) is 14.7. The molecule has 1 saturated carbocycles. The second-order valence-electron chi connectivity index (χ2n) is 7.69. The lowest BCUT2D eigenvalue weighted by molar-refractivity contribution is -0.121. The van der Waals surface area contributed by atoms with Gasteiger partial charge in [-0.15, -0.1) is 0 Å². The summed E-state index contributed by atoms with van der Waals surface area (Å²) in [5.41, 5.74) is 2.13. The van der Waals surface area contributed by atoms with E-state index in [9.17, 15) is 9.59 Å². The van der Waals surface area contributed by atoms with E-state index >= 15 is 0 Å². The van der Waals surface area contributed by atoms with E-state index in [1.807, 2.05) is 37.3 Å². The molecule has 3 aromatic rings. The van der Waals surface area contributed by atoms with Crippen LogP contribution in [0.2, 0.25) is 0 Å². The van der Waals surface area contributed by atoms with E-state index < -0.39 is 0 Å². The van der Waals surface area contributed by atoms with E-state index in [0.717, 1.165) is 37.0 Å². The van der Waals surface area contributed by atoms with Crippen molar-refractivity contribution in [3.05, 3.63) is 58.6 Å². The fraction of sp³-hybridized carbons (Fsp3) is 0.435. The lowest BCUT2D eigenvalue weighted by atomic mass is 9.95. The van der Waals surface area contributed by atoms with Crippen LogP contribution in [0.3, 0.4) is 0 Å². The van der Waals surface area contributed by atoms with E-state index in [-0.39, 0.29) is 24.2 Å². The Kier molecular flexibility index (Phi) is 6.16. The molecule has 0 unspecified atom stereocenters. The summed E-state index contributed by atoms with van der Waals surface area (Å²) in [4.78, 5) is 30.4. The first-order valence-corrected chi connectivity index (χ1v) is 10.7. The number of carbonyl (C=O) groups excluding carboxylic acids is 1. The smallest absolute Gasteiger partial charge is 0.331 e. The van der Waals surface area contributed by atoms with E-state index in [1.165, 1.54) is 6.42 Å². The maximum Gasteiger partial charge on any atom is 0.331 e. The molecule has 30 heavy (non-hydrogen) atoms. The standard InChI is InChI=1S/C23H28N4O3/c1-2-30-20-13-7-6-9-17(20)15-25-21(28)16-26-19-12-8-14-24-22(19)27(23(26)29)18-10-4-3-5-11-18/h6-9,12-14,18H,2-5,10-11,15-16H2,1H3,(H,25,28). The lowest BCUT2D eigenvalue weighted by Crippen LogP contribution is -2.34. The average Bonchev–Trinajstić information content (AvgIpc) is 3.05. The molecule has 7 heteroatoms.